The van der Waals surface area contributed by atoms with Gasteiger partial charge in [0.05, 0.1) is 0 Å². The van der Waals surface area contributed by atoms with Gasteiger partial charge in [-0.1, -0.05) is 5.16 Å². The fourth-order valence-corrected chi connectivity index (χ4v) is 1.13. The Balaban J connectivity index is 2.89. The number of anilines is 1. The van der Waals surface area contributed by atoms with Crippen molar-refractivity contribution in [3.63, 3.8) is 0 Å². The van der Waals surface area contributed by atoms with Crippen LogP contribution in [0.1, 0.15) is 12.5 Å². The van der Waals surface area contributed by atoms with Crippen LogP contribution in [0, 0.1) is 0 Å². The maximum atomic E-state index is 8.47. The molecule has 0 radical (unpaired) electrons. The quantitative estimate of drug-likeness (QED) is 0.328. The number of hydrogen-bond acceptors (Lipinski definition) is 3. The zero-order valence-corrected chi connectivity index (χ0v) is 8.44. The molecule has 4 nitrogen and oxygen atoms in total. The largest absolute Gasteiger partial charge is 0.409 e. The third-order valence-corrected chi connectivity index (χ3v) is 2.19. The first-order chi connectivity index (χ1) is 6.69. The maximum absolute atomic E-state index is 8.47. The van der Waals surface area contributed by atoms with Gasteiger partial charge in [0.15, 0.2) is 5.84 Å². The van der Waals surface area contributed by atoms with Gasteiger partial charge in [0.1, 0.15) is 0 Å². The van der Waals surface area contributed by atoms with Crippen LogP contribution in [-0.2, 0) is 0 Å². The number of benzene rings is 1. The number of nitrogens with two attached hydrogens (primary N) is 1. The van der Waals surface area contributed by atoms with Crippen molar-refractivity contribution < 1.29 is 5.21 Å². The lowest BCUT2D eigenvalue weighted by atomic mass is 10.2. The predicted molar refractivity (Wildman–Crippen MR) is 57.9 cm³/mol. The molecule has 0 spiro atoms. The predicted octanol–water partition coefficient (Wildman–Crippen LogP) is 1.24. The fraction of sp³-hybridized carbons (Fsp3) is 0.300. The summed E-state index contributed by atoms with van der Waals surface area (Å²) >= 11 is 0. The summed E-state index contributed by atoms with van der Waals surface area (Å²) in [4.78, 5) is 2.11. The van der Waals surface area contributed by atoms with Gasteiger partial charge >= 0.3 is 0 Å². The Labute approximate surface area is 83.6 Å². The molecule has 14 heavy (non-hydrogen) atoms. The van der Waals surface area contributed by atoms with Crippen molar-refractivity contribution in [3.8, 4) is 0 Å². The van der Waals surface area contributed by atoms with Crippen molar-refractivity contribution in [2.24, 2.45) is 10.9 Å². The molecule has 0 aliphatic rings. The van der Waals surface area contributed by atoms with Crippen LogP contribution in [0.2, 0.25) is 0 Å². The normalized spacial score (nSPS) is 11.4. The molecule has 0 saturated carbocycles. The van der Waals surface area contributed by atoms with Gasteiger partial charge in [-0.3, -0.25) is 0 Å². The van der Waals surface area contributed by atoms with E-state index in [1.54, 1.807) is 0 Å². The zero-order valence-electron chi connectivity index (χ0n) is 8.44. The first kappa shape index (κ1) is 10.4. The van der Waals surface area contributed by atoms with Gasteiger partial charge in [-0.05, 0) is 31.2 Å². The van der Waals surface area contributed by atoms with Crippen molar-refractivity contribution in [3.05, 3.63) is 29.8 Å². The maximum Gasteiger partial charge on any atom is 0.170 e. The standard InChI is InChI=1S/C10H15N3O/c1-3-13(2)9-6-4-8(5-7-9)10(11)12-14/h4-7,14H,3H2,1-2H3,(H2,11,12). The number of rotatable bonds is 3. The average Bonchev–Trinajstić information content (AvgIpc) is 2.27. The summed E-state index contributed by atoms with van der Waals surface area (Å²) in [5.74, 6) is 0.135. The summed E-state index contributed by atoms with van der Waals surface area (Å²) in [5.41, 5.74) is 7.28. The second-order valence-corrected chi connectivity index (χ2v) is 3.05. The lowest BCUT2D eigenvalue weighted by molar-refractivity contribution is 0.318. The lowest BCUT2D eigenvalue weighted by Crippen LogP contribution is -2.16. The first-order valence-electron chi connectivity index (χ1n) is 4.48. The van der Waals surface area contributed by atoms with E-state index in [9.17, 15) is 0 Å². The smallest absolute Gasteiger partial charge is 0.170 e. The van der Waals surface area contributed by atoms with Crippen LogP contribution in [0.25, 0.3) is 0 Å². The second-order valence-electron chi connectivity index (χ2n) is 3.05. The molecule has 0 fully saturated rings. The van der Waals surface area contributed by atoms with E-state index >= 15 is 0 Å². The zero-order chi connectivity index (χ0) is 10.6. The molecule has 0 amide bonds. The first-order valence-corrected chi connectivity index (χ1v) is 4.48. The van der Waals surface area contributed by atoms with Crippen LogP contribution in [0.15, 0.2) is 29.4 Å². The van der Waals surface area contributed by atoms with E-state index < -0.39 is 0 Å². The molecule has 1 aromatic carbocycles. The van der Waals surface area contributed by atoms with Gasteiger partial charge in [0, 0.05) is 24.8 Å². The third-order valence-electron chi connectivity index (χ3n) is 2.19. The minimum absolute atomic E-state index is 0.135. The Bertz CT molecular complexity index is 319. The molecule has 0 heterocycles. The van der Waals surface area contributed by atoms with Gasteiger partial charge in [-0.25, -0.2) is 0 Å². The summed E-state index contributed by atoms with van der Waals surface area (Å²) in [6.45, 7) is 3.03. The summed E-state index contributed by atoms with van der Waals surface area (Å²) in [6.07, 6.45) is 0. The van der Waals surface area contributed by atoms with E-state index in [0.29, 0.717) is 0 Å². The molecule has 0 saturated heterocycles. The number of nitrogens with zero attached hydrogens (tertiary/aromatic N) is 2. The Morgan fingerprint density at radius 1 is 1.43 bits per heavy atom. The molecule has 3 N–H and O–H groups in total. The summed E-state index contributed by atoms with van der Waals surface area (Å²) < 4.78 is 0. The molecule has 0 bridgehead atoms. The Morgan fingerprint density at radius 3 is 2.43 bits per heavy atom. The minimum Gasteiger partial charge on any atom is -0.409 e. The van der Waals surface area contributed by atoms with Crippen LogP contribution >= 0.6 is 0 Å². The fourth-order valence-electron chi connectivity index (χ4n) is 1.13. The van der Waals surface area contributed by atoms with Gasteiger partial charge in [0.25, 0.3) is 0 Å². The minimum atomic E-state index is 0.135. The Morgan fingerprint density at radius 2 is 2.00 bits per heavy atom. The highest BCUT2D eigenvalue weighted by Gasteiger charge is 2.00. The summed E-state index contributed by atoms with van der Waals surface area (Å²) in [6, 6.07) is 7.54. The molecular weight excluding hydrogens is 178 g/mol. The van der Waals surface area contributed by atoms with Crippen LogP contribution in [-0.4, -0.2) is 24.6 Å². The number of hydrogen-bond donors (Lipinski definition) is 2. The second kappa shape index (κ2) is 4.50. The molecular formula is C10H15N3O. The average molecular weight is 193 g/mol. The van der Waals surface area contributed by atoms with Crippen LogP contribution in [0.3, 0.4) is 0 Å². The molecule has 0 atom stereocenters. The summed E-state index contributed by atoms with van der Waals surface area (Å²) in [5, 5.41) is 11.4. The molecule has 0 aliphatic heterocycles. The van der Waals surface area contributed by atoms with E-state index in [1.807, 2.05) is 31.3 Å². The van der Waals surface area contributed by atoms with Crippen molar-refractivity contribution in [1.82, 2.24) is 0 Å². The van der Waals surface area contributed by atoms with Gasteiger partial charge < -0.3 is 15.8 Å². The van der Waals surface area contributed by atoms with Crippen LogP contribution in [0.4, 0.5) is 5.69 Å². The highest BCUT2D eigenvalue weighted by molar-refractivity contribution is 5.97. The van der Waals surface area contributed by atoms with Crippen molar-refractivity contribution in [2.45, 2.75) is 6.92 Å². The monoisotopic (exact) mass is 193 g/mol. The van der Waals surface area contributed by atoms with Gasteiger partial charge in [-0.15, -0.1) is 0 Å². The lowest BCUT2D eigenvalue weighted by Gasteiger charge is -2.16. The molecule has 1 rings (SSSR count). The van der Waals surface area contributed by atoms with E-state index in [1.165, 1.54) is 0 Å². The van der Waals surface area contributed by atoms with E-state index in [2.05, 4.69) is 17.0 Å². The molecule has 0 aromatic heterocycles. The highest BCUT2D eigenvalue weighted by Crippen LogP contribution is 2.12. The molecule has 76 valence electrons. The number of oxime groups is 1. The van der Waals surface area contributed by atoms with E-state index in [-0.39, 0.29) is 5.84 Å². The van der Waals surface area contributed by atoms with Crippen molar-refractivity contribution in [2.75, 3.05) is 18.5 Å². The van der Waals surface area contributed by atoms with Crippen molar-refractivity contribution >= 4 is 11.5 Å². The molecule has 0 aliphatic carbocycles. The SMILES string of the molecule is CCN(C)c1ccc(C(N)=NO)cc1. The van der Waals surface area contributed by atoms with E-state index in [4.69, 9.17) is 10.9 Å². The molecule has 1 aromatic rings. The van der Waals surface area contributed by atoms with Crippen LogP contribution in [0.5, 0.6) is 0 Å². The summed E-state index contributed by atoms with van der Waals surface area (Å²) in [7, 11) is 2.01. The molecule has 0 unspecified atom stereocenters. The third kappa shape index (κ3) is 2.16. The van der Waals surface area contributed by atoms with Gasteiger partial charge in [-0.2, -0.15) is 0 Å². The molecule has 4 heteroatoms. The Hall–Kier alpha value is -1.71. The van der Waals surface area contributed by atoms with E-state index in [0.717, 1.165) is 17.8 Å². The Kier molecular flexibility index (Phi) is 3.34. The highest BCUT2D eigenvalue weighted by atomic mass is 16.4. The van der Waals surface area contributed by atoms with Crippen LogP contribution < -0.4 is 10.6 Å². The topological polar surface area (TPSA) is 61.8 Å². The number of amidine groups is 1. The van der Waals surface area contributed by atoms with Gasteiger partial charge in [0.2, 0.25) is 0 Å². The van der Waals surface area contributed by atoms with Crippen molar-refractivity contribution in [1.29, 1.82) is 0 Å².